The molecule has 9 heteroatoms. The van der Waals surface area contributed by atoms with Crippen LogP contribution >= 0.6 is 23.2 Å². The number of halogens is 2. The van der Waals surface area contributed by atoms with E-state index in [0.29, 0.717) is 15.7 Å². The first kappa shape index (κ1) is 14.3. The molecule has 1 aromatic heterocycles. The molecule has 0 aliphatic heterocycles. The second-order valence-electron chi connectivity index (χ2n) is 3.92. The number of nitrogen functional groups attached to an aromatic ring is 1. The van der Waals surface area contributed by atoms with E-state index in [9.17, 15) is 10.1 Å². The number of aryl methyl sites for hydroxylation is 1. The van der Waals surface area contributed by atoms with Crippen molar-refractivity contribution in [1.82, 2.24) is 9.97 Å². The molecule has 0 unspecified atom stereocenters. The molecule has 3 N–H and O–H groups in total. The quantitative estimate of drug-likeness (QED) is 0.664. The van der Waals surface area contributed by atoms with E-state index in [1.807, 2.05) is 0 Å². The lowest BCUT2D eigenvalue weighted by atomic mass is 10.2. The number of nitrogens with one attached hydrogen (secondary N) is 1. The first-order valence-electron chi connectivity index (χ1n) is 5.37. The van der Waals surface area contributed by atoms with Crippen molar-refractivity contribution < 1.29 is 4.92 Å². The van der Waals surface area contributed by atoms with Crippen molar-refractivity contribution in [3.05, 3.63) is 44.2 Å². The summed E-state index contributed by atoms with van der Waals surface area (Å²) in [5.41, 5.74) is 6.24. The minimum atomic E-state index is -0.665. The number of nitrogens with zero attached hydrogens (tertiary/aromatic N) is 3. The molecule has 0 aliphatic carbocycles. The Morgan fingerprint density at radius 2 is 2.00 bits per heavy atom. The van der Waals surface area contributed by atoms with Gasteiger partial charge in [-0.05, 0) is 24.6 Å². The van der Waals surface area contributed by atoms with Gasteiger partial charge in [-0.2, -0.15) is 0 Å². The highest BCUT2D eigenvalue weighted by Gasteiger charge is 2.21. The number of hydrogen-bond acceptors (Lipinski definition) is 6. The van der Waals surface area contributed by atoms with Crippen LogP contribution in [0.4, 0.5) is 23.0 Å². The third kappa shape index (κ3) is 2.73. The highest BCUT2D eigenvalue weighted by molar-refractivity contribution is 6.35. The van der Waals surface area contributed by atoms with E-state index in [0.717, 1.165) is 11.9 Å². The van der Waals surface area contributed by atoms with Crippen LogP contribution in [0.5, 0.6) is 0 Å². The van der Waals surface area contributed by atoms with Gasteiger partial charge in [0.25, 0.3) is 0 Å². The molecule has 104 valence electrons. The summed E-state index contributed by atoms with van der Waals surface area (Å²) in [6.45, 7) is 1.79. The topological polar surface area (TPSA) is 107 Å². The van der Waals surface area contributed by atoms with Crippen molar-refractivity contribution in [2.45, 2.75) is 6.92 Å². The lowest BCUT2D eigenvalue weighted by Crippen LogP contribution is -2.05. The summed E-state index contributed by atoms with van der Waals surface area (Å²) in [5, 5.41) is 14.6. The first-order chi connectivity index (χ1) is 9.40. The van der Waals surface area contributed by atoms with Gasteiger partial charge in [0, 0.05) is 5.02 Å². The predicted octanol–water partition coefficient (Wildman–Crippen LogP) is 3.33. The molecule has 0 saturated carbocycles. The van der Waals surface area contributed by atoms with E-state index in [2.05, 4.69) is 15.3 Å². The molecule has 0 aliphatic rings. The maximum absolute atomic E-state index is 11.0. The number of benzene rings is 1. The molecule has 0 atom stereocenters. The second-order valence-corrected chi connectivity index (χ2v) is 4.73. The molecule has 0 amide bonds. The zero-order valence-corrected chi connectivity index (χ0v) is 11.7. The number of rotatable bonds is 3. The van der Waals surface area contributed by atoms with E-state index in [4.69, 9.17) is 28.9 Å². The Morgan fingerprint density at radius 3 is 2.65 bits per heavy atom. The Hall–Kier alpha value is -2.12. The summed E-state index contributed by atoms with van der Waals surface area (Å²) in [7, 11) is 0. The van der Waals surface area contributed by atoms with E-state index in [1.54, 1.807) is 19.1 Å². The normalized spacial score (nSPS) is 10.3. The first-order valence-corrected chi connectivity index (χ1v) is 6.13. The third-order valence-electron chi connectivity index (χ3n) is 2.53. The molecule has 0 radical (unpaired) electrons. The van der Waals surface area contributed by atoms with Crippen molar-refractivity contribution in [1.29, 1.82) is 0 Å². The second kappa shape index (κ2) is 5.48. The van der Waals surface area contributed by atoms with Crippen molar-refractivity contribution in [3.63, 3.8) is 0 Å². The van der Waals surface area contributed by atoms with Gasteiger partial charge in [0.05, 0.1) is 15.6 Å². The van der Waals surface area contributed by atoms with Gasteiger partial charge in [0.1, 0.15) is 6.33 Å². The molecular weight excluding hydrogens is 305 g/mol. The highest BCUT2D eigenvalue weighted by atomic mass is 35.5. The van der Waals surface area contributed by atoms with E-state index in [1.165, 1.54) is 0 Å². The molecule has 0 spiro atoms. The van der Waals surface area contributed by atoms with Crippen LogP contribution in [-0.4, -0.2) is 14.9 Å². The van der Waals surface area contributed by atoms with Crippen molar-refractivity contribution in [2.75, 3.05) is 11.1 Å². The average Bonchev–Trinajstić information content (AvgIpc) is 2.35. The summed E-state index contributed by atoms with van der Waals surface area (Å²) >= 11 is 12.1. The van der Waals surface area contributed by atoms with Crippen LogP contribution in [0, 0.1) is 17.0 Å². The monoisotopic (exact) mass is 313 g/mol. The van der Waals surface area contributed by atoms with Gasteiger partial charge >= 0.3 is 5.69 Å². The fraction of sp³-hybridized carbons (Fsp3) is 0.0909. The Labute approximate surface area is 123 Å². The molecule has 0 saturated heterocycles. The van der Waals surface area contributed by atoms with Gasteiger partial charge in [-0.25, -0.2) is 9.97 Å². The number of hydrogen-bond donors (Lipinski definition) is 2. The number of nitro groups is 1. The van der Waals surface area contributed by atoms with E-state index < -0.39 is 10.6 Å². The lowest BCUT2D eigenvalue weighted by Gasteiger charge is -2.10. The standard InChI is InChI=1S/C11H9Cl2N5O2/c1-5-2-7(13)8(3-6(5)12)17-11-9(18(19)20)10(14)15-4-16-11/h2-4H,1H3,(H3,14,15,16,17). The molecule has 0 bridgehead atoms. The largest absolute Gasteiger partial charge is 0.378 e. The van der Waals surface area contributed by atoms with Gasteiger partial charge in [-0.1, -0.05) is 23.2 Å². The van der Waals surface area contributed by atoms with Gasteiger partial charge in [0.2, 0.25) is 11.6 Å². The molecule has 2 rings (SSSR count). The summed E-state index contributed by atoms with van der Waals surface area (Å²) in [4.78, 5) is 17.7. The van der Waals surface area contributed by atoms with Crippen molar-refractivity contribution >= 4 is 46.2 Å². The zero-order valence-electron chi connectivity index (χ0n) is 10.2. The zero-order chi connectivity index (χ0) is 14.9. The summed E-state index contributed by atoms with van der Waals surface area (Å²) in [5.74, 6) is -0.286. The van der Waals surface area contributed by atoms with Crippen molar-refractivity contribution in [2.24, 2.45) is 0 Å². The van der Waals surface area contributed by atoms with E-state index >= 15 is 0 Å². The highest BCUT2D eigenvalue weighted by Crippen LogP contribution is 2.34. The maximum atomic E-state index is 11.0. The minimum absolute atomic E-state index is 0.0516. The number of aromatic nitrogens is 2. The Balaban J connectivity index is 2.48. The molecule has 1 aromatic carbocycles. The van der Waals surface area contributed by atoms with Crippen LogP contribution in [0.25, 0.3) is 0 Å². The lowest BCUT2D eigenvalue weighted by molar-refractivity contribution is -0.383. The fourth-order valence-electron chi connectivity index (χ4n) is 1.53. The van der Waals surface area contributed by atoms with Crippen LogP contribution in [-0.2, 0) is 0 Å². The molecule has 1 heterocycles. The summed E-state index contributed by atoms with van der Waals surface area (Å²) < 4.78 is 0. The molecule has 7 nitrogen and oxygen atoms in total. The maximum Gasteiger partial charge on any atom is 0.353 e. The summed E-state index contributed by atoms with van der Waals surface area (Å²) in [6.07, 6.45) is 1.12. The number of nitrogens with two attached hydrogens (primary N) is 1. The van der Waals surface area contributed by atoms with Crippen LogP contribution in [0.3, 0.4) is 0 Å². The smallest absolute Gasteiger partial charge is 0.353 e. The average molecular weight is 314 g/mol. The minimum Gasteiger partial charge on any atom is -0.378 e. The Bertz CT molecular complexity index is 693. The van der Waals surface area contributed by atoms with Gasteiger partial charge < -0.3 is 11.1 Å². The molecule has 2 aromatic rings. The Kier molecular flexibility index (Phi) is 3.91. The fourth-order valence-corrected chi connectivity index (χ4v) is 1.96. The van der Waals surface area contributed by atoms with Crippen molar-refractivity contribution in [3.8, 4) is 0 Å². The van der Waals surface area contributed by atoms with Crippen LogP contribution in [0.15, 0.2) is 18.5 Å². The van der Waals surface area contributed by atoms with Crippen LogP contribution < -0.4 is 11.1 Å². The van der Waals surface area contributed by atoms with Crippen LogP contribution in [0.1, 0.15) is 5.56 Å². The third-order valence-corrected chi connectivity index (χ3v) is 3.25. The number of anilines is 3. The molecule has 20 heavy (non-hydrogen) atoms. The van der Waals surface area contributed by atoms with Gasteiger partial charge in [0.15, 0.2) is 0 Å². The van der Waals surface area contributed by atoms with Gasteiger partial charge in [-0.3, -0.25) is 10.1 Å². The molecular formula is C11H9Cl2N5O2. The Morgan fingerprint density at radius 1 is 1.30 bits per heavy atom. The predicted molar refractivity (Wildman–Crippen MR) is 77.6 cm³/mol. The summed E-state index contributed by atoms with van der Waals surface area (Å²) in [6, 6.07) is 3.20. The molecule has 0 fully saturated rings. The van der Waals surface area contributed by atoms with Crippen LogP contribution in [0.2, 0.25) is 10.0 Å². The SMILES string of the molecule is Cc1cc(Cl)c(Nc2ncnc(N)c2[N+](=O)[O-])cc1Cl. The van der Waals surface area contributed by atoms with Gasteiger partial charge in [-0.15, -0.1) is 0 Å². The van der Waals surface area contributed by atoms with E-state index in [-0.39, 0.29) is 11.6 Å².